The molecule has 2 aromatic carbocycles. The van der Waals surface area contributed by atoms with E-state index in [9.17, 15) is 13.2 Å². The van der Waals surface area contributed by atoms with Crippen LogP contribution in [0.4, 0.5) is 5.69 Å². The molecule has 0 saturated carbocycles. The molecule has 0 fully saturated rings. The maximum absolute atomic E-state index is 12.8. The van der Waals surface area contributed by atoms with Crippen LogP contribution in [0.5, 0.6) is 5.75 Å². The van der Waals surface area contributed by atoms with Gasteiger partial charge in [0.2, 0.25) is 10.0 Å². The first-order valence-corrected chi connectivity index (χ1v) is 12.9. The van der Waals surface area contributed by atoms with Crippen LogP contribution in [-0.4, -0.2) is 44.4 Å². The largest absolute Gasteiger partial charge is 0.493 e. The summed E-state index contributed by atoms with van der Waals surface area (Å²) in [6.07, 6.45) is 4.30. The Balaban J connectivity index is 2.01. The summed E-state index contributed by atoms with van der Waals surface area (Å²) in [7, 11) is -0.576. The van der Waals surface area contributed by atoms with E-state index in [1.54, 1.807) is 24.3 Å². The highest BCUT2D eigenvalue weighted by atomic mass is 79.9. The van der Waals surface area contributed by atoms with Gasteiger partial charge in [-0.2, -0.15) is 0 Å². The number of nitrogens with zero attached hydrogens (tertiary/aromatic N) is 1. The molecule has 7 nitrogen and oxygen atoms in total. The van der Waals surface area contributed by atoms with Gasteiger partial charge in [-0.1, -0.05) is 42.1 Å². The Morgan fingerprint density at radius 1 is 1.09 bits per heavy atom. The first-order valence-electron chi connectivity index (χ1n) is 10.2. The summed E-state index contributed by atoms with van der Waals surface area (Å²) in [6.45, 7) is 2.68. The Kier molecular flexibility index (Phi) is 10.1. The molecule has 0 unspecified atom stereocenters. The van der Waals surface area contributed by atoms with Crippen LogP contribution < -0.4 is 15.4 Å². The van der Waals surface area contributed by atoms with Crippen molar-refractivity contribution in [3.05, 3.63) is 52.5 Å². The molecule has 2 aromatic rings. The number of hydrogen-bond donors (Lipinski definition) is 2. The molecule has 0 aromatic heterocycles. The fraction of sp³-hybridized carbons (Fsp3) is 0.364. The average Bonchev–Trinajstić information content (AvgIpc) is 2.74. The van der Waals surface area contributed by atoms with Crippen LogP contribution in [-0.2, 0) is 10.0 Å². The van der Waals surface area contributed by atoms with Crippen molar-refractivity contribution in [1.82, 2.24) is 9.62 Å². The molecule has 0 aliphatic carbocycles. The minimum Gasteiger partial charge on any atom is -0.493 e. The van der Waals surface area contributed by atoms with Crippen LogP contribution in [0.3, 0.4) is 0 Å². The van der Waals surface area contributed by atoms with Gasteiger partial charge in [-0.3, -0.25) is 10.1 Å². The molecule has 1 amide bonds. The molecular weight excluding hydrogens is 514 g/mol. The van der Waals surface area contributed by atoms with Gasteiger partial charge in [0.1, 0.15) is 5.75 Å². The van der Waals surface area contributed by atoms with Crippen LogP contribution in [0.1, 0.15) is 43.0 Å². The van der Waals surface area contributed by atoms with Gasteiger partial charge in [-0.15, -0.1) is 0 Å². The van der Waals surface area contributed by atoms with Crippen molar-refractivity contribution in [3.63, 3.8) is 0 Å². The van der Waals surface area contributed by atoms with Gasteiger partial charge in [-0.05, 0) is 61.1 Å². The minimum atomic E-state index is -3.51. The third-order valence-electron chi connectivity index (χ3n) is 4.56. The lowest BCUT2D eigenvalue weighted by molar-refractivity contribution is 0.0973. The molecule has 2 rings (SSSR count). The van der Waals surface area contributed by atoms with Crippen LogP contribution in [0.25, 0.3) is 0 Å². The molecule has 0 saturated heterocycles. The lowest BCUT2D eigenvalue weighted by atomic mass is 10.2. The third-order valence-corrected chi connectivity index (χ3v) is 7.09. The highest BCUT2D eigenvalue weighted by Crippen LogP contribution is 2.24. The van der Waals surface area contributed by atoms with E-state index >= 15 is 0 Å². The molecule has 0 spiro atoms. The third kappa shape index (κ3) is 7.54. The molecule has 0 radical (unpaired) electrons. The lowest BCUT2D eigenvalue weighted by Crippen LogP contribution is -2.34. The zero-order valence-corrected chi connectivity index (χ0v) is 21.6. The van der Waals surface area contributed by atoms with Gasteiger partial charge in [0, 0.05) is 24.3 Å². The number of unbranched alkanes of at least 4 members (excludes halogenated alkanes) is 3. The molecular formula is C22H28BrN3O4S2. The molecule has 10 heteroatoms. The first kappa shape index (κ1) is 26.2. The molecule has 0 heterocycles. The van der Waals surface area contributed by atoms with Crippen molar-refractivity contribution in [2.45, 2.75) is 37.5 Å². The second-order valence-electron chi connectivity index (χ2n) is 7.27. The molecule has 174 valence electrons. The summed E-state index contributed by atoms with van der Waals surface area (Å²) < 4.78 is 32.0. The van der Waals surface area contributed by atoms with Crippen molar-refractivity contribution >= 4 is 54.9 Å². The van der Waals surface area contributed by atoms with Crippen LogP contribution in [0.2, 0.25) is 0 Å². The maximum atomic E-state index is 12.8. The second-order valence-corrected chi connectivity index (χ2v) is 10.7. The number of anilines is 1. The second kappa shape index (κ2) is 12.3. The standard InChI is InChI=1S/C22H28BrN3O4S2/c1-4-5-6-7-14-30-20-13-8-16(23)15-19(20)21(27)25-22(31)24-17-9-11-18(12-10-17)32(28,29)26(2)3/h8-13,15H,4-7,14H2,1-3H3,(H2,24,25,27,31). The van der Waals surface area contributed by atoms with Gasteiger partial charge >= 0.3 is 0 Å². The number of ether oxygens (including phenoxy) is 1. The van der Waals surface area contributed by atoms with E-state index in [4.69, 9.17) is 17.0 Å². The average molecular weight is 543 g/mol. The number of carbonyl (C=O) groups excluding carboxylic acids is 1. The maximum Gasteiger partial charge on any atom is 0.261 e. The fourth-order valence-electron chi connectivity index (χ4n) is 2.77. The highest BCUT2D eigenvalue weighted by Gasteiger charge is 2.17. The molecule has 0 aliphatic heterocycles. The van der Waals surface area contributed by atoms with E-state index in [-0.39, 0.29) is 10.0 Å². The fourth-order valence-corrected chi connectivity index (χ4v) is 4.24. The summed E-state index contributed by atoms with van der Waals surface area (Å²) in [6, 6.07) is 11.4. The normalized spacial score (nSPS) is 11.3. The van der Waals surface area contributed by atoms with Crippen molar-refractivity contribution in [2.75, 3.05) is 26.0 Å². The first-order chi connectivity index (χ1) is 15.1. The molecule has 32 heavy (non-hydrogen) atoms. The Morgan fingerprint density at radius 3 is 2.41 bits per heavy atom. The predicted octanol–water partition coefficient (Wildman–Crippen LogP) is 4.79. The quantitative estimate of drug-likeness (QED) is 0.332. The number of carbonyl (C=O) groups is 1. The number of rotatable bonds is 10. The Hall–Kier alpha value is -2.01. The summed E-state index contributed by atoms with van der Waals surface area (Å²) >= 11 is 8.63. The number of amides is 1. The van der Waals surface area contributed by atoms with Gasteiger partial charge in [0.15, 0.2) is 5.11 Å². The summed E-state index contributed by atoms with van der Waals surface area (Å²) in [5.41, 5.74) is 0.918. The molecule has 0 aliphatic rings. The predicted molar refractivity (Wildman–Crippen MR) is 135 cm³/mol. The smallest absolute Gasteiger partial charge is 0.261 e. The van der Waals surface area contributed by atoms with Crippen molar-refractivity contribution in [2.24, 2.45) is 0 Å². The van der Waals surface area contributed by atoms with Crippen LogP contribution in [0, 0.1) is 0 Å². The summed E-state index contributed by atoms with van der Waals surface area (Å²) in [5.74, 6) is 0.0856. The molecule has 0 bridgehead atoms. The van der Waals surface area contributed by atoms with Gasteiger partial charge in [-0.25, -0.2) is 12.7 Å². The van der Waals surface area contributed by atoms with Crippen molar-refractivity contribution in [1.29, 1.82) is 0 Å². The number of benzene rings is 2. The number of hydrogen-bond acceptors (Lipinski definition) is 5. The molecule has 0 atom stereocenters. The highest BCUT2D eigenvalue weighted by molar-refractivity contribution is 9.10. The SMILES string of the molecule is CCCCCCOc1ccc(Br)cc1C(=O)NC(=S)Nc1ccc(S(=O)(=O)N(C)C)cc1. The van der Waals surface area contributed by atoms with Gasteiger partial charge in [0.05, 0.1) is 17.1 Å². The van der Waals surface area contributed by atoms with E-state index in [0.29, 0.717) is 23.6 Å². The minimum absolute atomic E-state index is 0.0899. The van der Waals surface area contributed by atoms with Crippen LogP contribution >= 0.6 is 28.1 Å². The van der Waals surface area contributed by atoms with Crippen molar-refractivity contribution < 1.29 is 17.9 Å². The zero-order chi connectivity index (χ0) is 23.7. The van der Waals surface area contributed by atoms with Crippen LogP contribution in [0.15, 0.2) is 51.8 Å². The van der Waals surface area contributed by atoms with E-state index < -0.39 is 15.9 Å². The Labute approximate surface area is 203 Å². The van der Waals surface area contributed by atoms with Gasteiger partial charge in [0.25, 0.3) is 5.91 Å². The Bertz CT molecular complexity index is 1040. The monoisotopic (exact) mass is 541 g/mol. The topological polar surface area (TPSA) is 87.7 Å². The van der Waals surface area contributed by atoms with E-state index in [1.165, 1.54) is 26.2 Å². The summed E-state index contributed by atoms with van der Waals surface area (Å²) in [5, 5.41) is 5.62. The van der Waals surface area contributed by atoms with Gasteiger partial charge < -0.3 is 10.1 Å². The van der Waals surface area contributed by atoms with Crippen molar-refractivity contribution in [3.8, 4) is 5.75 Å². The zero-order valence-electron chi connectivity index (χ0n) is 18.4. The Morgan fingerprint density at radius 2 is 1.78 bits per heavy atom. The number of thiocarbonyl (C=S) groups is 1. The molecule has 2 N–H and O–H groups in total. The van der Waals surface area contributed by atoms with E-state index in [0.717, 1.165) is 34.5 Å². The number of nitrogens with one attached hydrogen (secondary N) is 2. The van der Waals surface area contributed by atoms with E-state index in [2.05, 4.69) is 33.5 Å². The summed E-state index contributed by atoms with van der Waals surface area (Å²) in [4.78, 5) is 13.0. The lowest BCUT2D eigenvalue weighted by Gasteiger charge is -2.14. The number of sulfonamides is 1. The number of halogens is 1. The van der Waals surface area contributed by atoms with E-state index in [1.807, 2.05) is 6.07 Å².